The smallest absolute Gasteiger partial charge is 0.0791 e. The van der Waals surface area contributed by atoms with Gasteiger partial charge in [0, 0.05) is 16.2 Å². The van der Waals surface area contributed by atoms with E-state index in [1.165, 1.54) is 38.2 Å². The molecule has 0 amide bonds. The van der Waals surface area contributed by atoms with Gasteiger partial charge in [-0.25, -0.2) is 4.98 Å². The molecule has 1 heteroatoms. The summed E-state index contributed by atoms with van der Waals surface area (Å²) in [6, 6.07) is 30.0. The number of hydrogen-bond acceptors (Lipinski definition) is 1. The number of para-hydroxylation sites is 1. The molecular formula is C24H17N. The molecule has 0 aliphatic rings. The molecule has 0 saturated heterocycles. The maximum Gasteiger partial charge on any atom is 0.0791 e. The fourth-order valence-electron chi connectivity index (χ4n) is 3.74. The van der Waals surface area contributed by atoms with Crippen molar-refractivity contribution < 1.29 is 0 Å². The van der Waals surface area contributed by atoms with Crippen LogP contribution in [0.3, 0.4) is 0 Å². The van der Waals surface area contributed by atoms with Crippen LogP contribution in [0.15, 0.2) is 84.9 Å². The van der Waals surface area contributed by atoms with E-state index in [0.717, 1.165) is 11.0 Å². The molecule has 0 spiro atoms. The average molecular weight is 319 g/mol. The van der Waals surface area contributed by atoms with Crippen LogP contribution in [-0.2, 0) is 0 Å². The Morgan fingerprint density at radius 1 is 0.680 bits per heavy atom. The summed E-state index contributed by atoms with van der Waals surface area (Å²) in [5, 5.41) is 4.90. The van der Waals surface area contributed by atoms with Crippen LogP contribution in [0.2, 0.25) is 0 Å². The second-order valence-corrected chi connectivity index (χ2v) is 6.54. The zero-order chi connectivity index (χ0) is 16.8. The van der Waals surface area contributed by atoms with Crippen LogP contribution in [0, 0.1) is 6.92 Å². The van der Waals surface area contributed by atoms with Crippen molar-refractivity contribution in [1.29, 1.82) is 0 Å². The Morgan fingerprint density at radius 2 is 1.48 bits per heavy atom. The Kier molecular flexibility index (Phi) is 3.07. The molecule has 118 valence electrons. The van der Waals surface area contributed by atoms with Gasteiger partial charge in [0.15, 0.2) is 0 Å². The molecule has 0 unspecified atom stereocenters. The first-order valence-corrected chi connectivity index (χ1v) is 8.58. The molecule has 5 rings (SSSR count). The number of aromatic nitrogens is 1. The summed E-state index contributed by atoms with van der Waals surface area (Å²) in [6.45, 7) is 2.17. The monoisotopic (exact) mass is 319 g/mol. The minimum absolute atomic E-state index is 1.05. The van der Waals surface area contributed by atoms with Crippen LogP contribution >= 0.6 is 0 Å². The van der Waals surface area contributed by atoms with Gasteiger partial charge >= 0.3 is 0 Å². The molecule has 0 aliphatic carbocycles. The molecule has 0 fully saturated rings. The molecular weight excluding hydrogens is 302 g/mol. The van der Waals surface area contributed by atoms with Crippen molar-refractivity contribution >= 4 is 32.6 Å². The molecule has 25 heavy (non-hydrogen) atoms. The summed E-state index contributed by atoms with van der Waals surface area (Å²) in [4.78, 5) is 5.00. The standard InChI is InChI=1S/C24H17N/c1-16-8-7-12-20-21(17-9-3-2-4-10-17)15-19-14-18-11-5-6-13-22(18)25-24(19)23(16)20/h2-15H,1H3. The predicted molar refractivity (Wildman–Crippen MR) is 107 cm³/mol. The molecule has 0 bridgehead atoms. The van der Waals surface area contributed by atoms with Gasteiger partial charge in [-0.3, -0.25) is 0 Å². The summed E-state index contributed by atoms with van der Waals surface area (Å²) >= 11 is 0. The summed E-state index contributed by atoms with van der Waals surface area (Å²) in [5.74, 6) is 0. The van der Waals surface area contributed by atoms with Crippen molar-refractivity contribution in [3.63, 3.8) is 0 Å². The fraction of sp³-hybridized carbons (Fsp3) is 0.0417. The van der Waals surface area contributed by atoms with Gasteiger partial charge in [0.05, 0.1) is 11.0 Å². The number of aryl methyl sites for hydroxylation is 1. The van der Waals surface area contributed by atoms with Gasteiger partial charge in [0.2, 0.25) is 0 Å². The zero-order valence-electron chi connectivity index (χ0n) is 14.0. The zero-order valence-corrected chi connectivity index (χ0v) is 14.0. The van der Waals surface area contributed by atoms with Gasteiger partial charge in [-0.15, -0.1) is 0 Å². The lowest BCUT2D eigenvalue weighted by molar-refractivity contribution is 1.48. The van der Waals surface area contributed by atoms with Crippen LogP contribution in [0.1, 0.15) is 5.56 Å². The minimum Gasteiger partial charge on any atom is -0.247 e. The Balaban J connectivity index is 2.01. The number of rotatable bonds is 1. The molecule has 1 nitrogen and oxygen atoms in total. The maximum absolute atomic E-state index is 5.00. The highest BCUT2D eigenvalue weighted by Gasteiger charge is 2.12. The third-order valence-electron chi connectivity index (χ3n) is 4.94. The lowest BCUT2D eigenvalue weighted by Crippen LogP contribution is -1.90. The Labute approximate surface area is 146 Å². The lowest BCUT2D eigenvalue weighted by Gasteiger charge is -2.13. The molecule has 1 heterocycles. The van der Waals surface area contributed by atoms with Crippen molar-refractivity contribution in [3.05, 3.63) is 90.5 Å². The van der Waals surface area contributed by atoms with Crippen molar-refractivity contribution in [2.45, 2.75) is 6.92 Å². The Hall–Kier alpha value is -3.19. The number of fused-ring (bicyclic) bond motifs is 4. The number of benzene rings is 4. The van der Waals surface area contributed by atoms with Gasteiger partial charge in [-0.2, -0.15) is 0 Å². The molecule has 0 radical (unpaired) electrons. The highest BCUT2D eigenvalue weighted by Crippen LogP contribution is 2.36. The highest BCUT2D eigenvalue weighted by molar-refractivity contribution is 6.15. The van der Waals surface area contributed by atoms with Gasteiger partial charge in [0.25, 0.3) is 0 Å². The van der Waals surface area contributed by atoms with Crippen LogP contribution in [0.4, 0.5) is 0 Å². The first kappa shape index (κ1) is 14.2. The van der Waals surface area contributed by atoms with E-state index in [2.05, 4.69) is 91.9 Å². The van der Waals surface area contributed by atoms with Crippen molar-refractivity contribution in [1.82, 2.24) is 4.98 Å². The van der Waals surface area contributed by atoms with E-state index in [-0.39, 0.29) is 0 Å². The number of pyridine rings is 1. The predicted octanol–water partition coefficient (Wildman–Crippen LogP) is 6.52. The summed E-state index contributed by atoms with van der Waals surface area (Å²) in [5.41, 5.74) is 5.92. The van der Waals surface area contributed by atoms with E-state index >= 15 is 0 Å². The third-order valence-corrected chi connectivity index (χ3v) is 4.94. The van der Waals surface area contributed by atoms with Crippen LogP contribution in [-0.4, -0.2) is 4.98 Å². The lowest BCUT2D eigenvalue weighted by atomic mass is 9.93. The quantitative estimate of drug-likeness (QED) is 0.253. The van der Waals surface area contributed by atoms with E-state index in [9.17, 15) is 0 Å². The highest BCUT2D eigenvalue weighted by atomic mass is 14.7. The molecule has 0 saturated carbocycles. The molecule has 4 aromatic carbocycles. The van der Waals surface area contributed by atoms with Gasteiger partial charge in [-0.1, -0.05) is 66.7 Å². The van der Waals surface area contributed by atoms with Crippen molar-refractivity contribution in [3.8, 4) is 11.1 Å². The fourth-order valence-corrected chi connectivity index (χ4v) is 3.74. The molecule has 1 aromatic heterocycles. The molecule has 0 N–H and O–H groups in total. The van der Waals surface area contributed by atoms with Crippen molar-refractivity contribution in [2.24, 2.45) is 0 Å². The largest absolute Gasteiger partial charge is 0.247 e. The number of nitrogens with zero attached hydrogens (tertiary/aromatic N) is 1. The van der Waals surface area contributed by atoms with E-state index in [0.29, 0.717) is 0 Å². The average Bonchev–Trinajstić information content (AvgIpc) is 2.66. The second kappa shape index (κ2) is 5.42. The summed E-state index contributed by atoms with van der Waals surface area (Å²) in [6.07, 6.45) is 0. The van der Waals surface area contributed by atoms with E-state index in [4.69, 9.17) is 4.98 Å². The van der Waals surface area contributed by atoms with E-state index in [1.807, 2.05) is 0 Å². The van der Waals surface area contributed by atoms with Gasteiger partial charge in [0.1, 0.15) is 0 Å². The van der Waals surface area contributed by atoms with Crippen LogP contribution < -0.4 is 0 Å². The molecule has 0 aliphatic heterocycles. The third kappa shape index (κ3) is 2.20. The topological polar surface area (TPSA) is 12.9 Å². The maximum atomic E-state index is 5.00. The van der Waals surface area contributed by atoms with Gasteiger partial charge < -0.3 is 0 Å². The SMILES string of the molecule is Cc1cccc2c(-c3ccccc3)cc3cc4ccccc4nc3c12. The Bertz CT molecular complexity index is 1240. The van der Waals surface area contributed by atoms with E-state index in [1.54, 1.807) is 0 Å². The second-order valence-electron chi connectivity index (χ2n) is 6.54. The molecule has 5 aromatic rings. The van der Waals surface area contributed by atoms with Crippen LogP contribution in [0.25, 0.3) is 43.7 Å². The van der Waals surface area contributed by atoms with Crippen LogP contribution in [0.5, 0.6) is 0 Å². The normalized spacial score (nSPS) is 11.4. The Morgan fingerprint density at radius 3 is 2.36 bits per heavy atom. The minimum atomic E-state index is 1.05. The first-order valence-electron chi connectivity index (χ1n) is 8.58. The summed E-state index contributed by atoms with van der Waals surface area (Å²) < 4.78 is 0. The summed E-state index contributed by atoms with van der Waals surface area (Å²) in [7, 11) is 0. The molecule has 0 atom stereocenters. The number of hydrogen-bond donors (Lipinski definition) is 0. The first-order chi connectivity index (χ1) is 12.3. The van der Waals surface area contributed by atoms with Gasteiger partial charge in [-0.05, 0) is 47.2 Å². The van der Waals surface area contributed by atoms with Crippen molar-refractivity contribution in [2.75, 3.05) is 0 Å². The van der Waals surface area contributed by atoms with E-state index < -0.39 is 0 Å².